The van der Waals surface area contributed by atoms with E-state index in [4.69, 9.17) is 5.73 Å². The fourth-order valence-corrected chi connectivity index (χ4v) is 3.35. The highest BCUT2D eigenvalue weighted by Gasteiger charge is 2.29. The fourth-order valence-electron chi connectivity index (χ4n) is 3.35. The minimum absolute atomic E-state index is 0.386. The number of nitrogens with two attached hydrogens (primary N) is 1. The molecule has 0 aromatic heterocycles. The molecule has 0 spiro atoms. The lowest BCUT2D eigenvalue weighted by molar-refractivity contribution is -0.133. The van der Waals surface area contributed by atoms with Crippen LogP contribution in [0.15, 0.2) is 0 Å². The Morgan fingerprint density at radius 3 is 2.59 bits per heavy atom. The van der Waals surface area contributed by atoms with Crippen molar-refractivity contribution in [2.24, 2.45) is 11.7 Å². The van der Waals surface area contributed by atoms with E-state index in [1.165, 1.54) is 12.8 Å². The molecular weight excluding hydrogens is 212 g/mol. The van der Waals surface area contributed by atoms with Crippen molar-refractivity contribution < 1.29 is 4.79 Å². The van der Waals surface area contributed by atoms with E-state index in [-0.39, 0.29) is 0 Å². The highest BCUT2D eigenvalue weighted by molar-refractivity contribution is 5.77. The van der Waals surface area contributed by atoms with Gasteiger partial charge in [0.05, 0.1) is 0 Å². The molecule has 1 heterocycles. The van der Waals surface area contributed by atoms with Crippen LogP contribution in [0.25, 0.3) is 0 Å². The van der Waals surface area contributed by atoms with Gasteiger partial charge >= 0.3 is 0 Å². The summed E-state index contributed by atoms with van der Waals surface area (Å²) < 4.78 is 0. The van der Waals surface area contributed by atoms with Crippen LogP contribution < -0.4 is 5.73 Å². The zero-order valence-corrected chi connectivity index (χ0v) is 11.0. The average Bonchev–Trinajstić information content (AvgIpc) is 2.80. The molecule has 1 unspecified atom stereocenters. The molecule has 0 bridgehead atoms. The van der Waals surface area contributed by atoms with Crippen molar-refractivity contribution in [3.05, 3.63) is 0 Å². The number of nitrogens with zero attached hydrogens (tertiary/aromatic N) is 1. The Hall–Kier alpha value is -0.570. The molecule has 3 nitrogen and oxygen atoms in total. The van der Waals surface area contributed by atoms with Crippen LogP contribution in [0.2, 0.25) is 0 Å². The smallest absolute Gasteiger partial charge is 0.223 e. The summed E-state index contributed by atoms with van der Waals surface area (Å²) in [7, 11) is 0. The monoisotopic (exact) mass is 238 g/mol. The van der Waals surface area contributed by atoms with Crippen LogP contribution >= 0.6 is 0 Å². The van der Waals surface area contributed by atoms with Gasteiger partial charge in [-0.15, -0.1) is 0 Å². The molecule has 1 aliphatic carbocycles. The summed E-state index contributed by atoms with van der Waals surface area (Å²) >= 11 is 0. The number of likely N-dealkylation sites (tertiary alicyclic amines) is 1. The number of hydrogen-bond donors (Lipinski definition) is 1. The fraction of sp³-hybridized carbons (Fsp3) is 0.929. The quantitative estimate of drug-likeness (QED) is 0.820. The molecule has 2 N–H and O–H groups in total. The lowest BCUT2D eigenvalue weighted by atomic mass is 9.84. The molecule has 1 amide bonds. The maximum absolute atomic E-state index is 12.3. The van der Waals surface area contributed by atoms with E-state index in [1.54, 1.807) is 0 Å². The third-order valence-electron chi connectivity index (χ3n) is 4.52. The summed E-state index contributed by atoms with van der Waals surface area (Å²) in [5, 5.41) is 0. The Morgan fingerprint density at radius 2 is 1.94 bits per heavy atom. The molecule has 1 saturated heterocycles. The summed E-state index contributed by atoms with van der Waals surface area (Å²) in [5.41, 5.74) is 5.90. The van der Waals surface area contributed by atoms with E-state index in [1.807, 2.05) is 0 Å². The van der Waals surface area contributed by atoms with E-state index < -0.39 is 0 Å². The minimum atomic E-state index is 0.386. The molecule has 3 heteroatoms. The number of rotatable bonds is 3. The van der Waals surface area contributed by atoms with Crippen LogP contribution in [0.1, 0.15) is 58.3 Å². The standard InChI is InChI=1S/C14H26N2O/c1-2-13-4-3-9-16(13)14(17)10-11-5-7-12(15)8-6-11/h11-13H,2-10,15H2,1H3. The van der Waals surface area contributed by atoms with Crippen molar-refractivity contribution in [3.8, 4) is 0 Å². The Kier molecular flexibility index (Phi) is 4.43. The Balaban J connectivity index is 1.80. The van der Waals surface area contributed by atoms with Crippen molar-refractivity contribution in [2.75, 3.05) is 6.54 Å². The third kappa shape index (κ3) is 3.21. The molecule has 98 valence electrons. The van der Waals surface area contributed by atoms with Gasteiger partial charge in [-0.25, -0.2) is 0 Å². The second kappa shape index (κ2) is 5.85. The maximum Gasteiger partial charge on any atom is 0.223 e. The predicted molar refractivity (Wildman–Crippen MR) is 69.6 cm³/mol. The predicted octanol–water partition coefficient (Wildman–Crippen LogP) is 2.29. The molecule has 2 fully saturated rings. The first-order chi connectivity index (χ1) is 8.20. The van der Waals surface area contributed by atoms with Gasteiger partial charge in [-0.2, -0.15) is 0 Å². The van der Waals surface area contributed by atoms with E-state index in [0.717, 1.165) is 45.1 Å². The zero-order valence-electron chi connectivity index (χ0n) is 11.0. The molecule has 0 radical (unpaired) electrons. The molecule has 0 aromatic carbocycles. The highest BCUT2D eigenvalue weighted by Crippen LogP contribution is 2.28. The first-order valence-electron chi connectivity index (χ1n) is 7.25. The van der Waals surface area contributed by atoms with E-state index in [0.29, 0.717) is 23.9 Å². The van der Waals surface area contributed by atoms with Crippen LogP contribution in [0, 0.1) is 5.92 Å². The second-order valence-corrected chi connectivity index (χ2v) is 5.78. The van der Waals surface area contributed by atoms with Gasteiger partial charge < -0.3 is 10.6 Å². The summed E-state index contributed by atoms with van der Waals surface area (Å²) in [6.07, 6.45) is 8.79. The van der Waals surface area contributed by atoms with Gasteiger partial charge in [0, 0.05) is 25.0 Å². The van der Waals surface area contributed by atoms with E-state index in [9.17, 15) is 4.79 Å². The molecule has 2 rings (SSSR count). The first-order valence-corrected chi connectivity index (χ1v) is 7.25. The molecule has 1 saturated carbocycles. The molecular formula is C14H26N2O. The summed E-state index contributed by atoms with van der Waals surface area (Å²) in [6.45, 7) is 3.18. The lowest BCUT2D eigenvalue weighted by Crippen LogP contribution is -2.37. The number of carbonyl (C=O) groups excluding carboxylic acids is 1. The largest absolute Gasteiger partial charge is 0.340 e. The summed E-state index contributed by atoms with van der Waals surface area (Å²) in [6, 6.07) is 0.907. The van der Waals surface area contributed by atoms with E-state index in [2.05, 4.69) is 11.8 Å². The van der Waals surface area contributed by atoms with Crippen molar-refractivity contribution in [1.82, 2.24) is 4.90 Å². The van der Waals surface area contributed by atoms with Gasteiger partial charge in [-0.05, 0) is 50.9 Å². The minimum Gasteiger partial charge on any atom is -0.340 e. The topological polar surface area (TPSA) is 46.3 Å². The lowest BCUT2D eigenvalue weighted by Gasteiger charge is -2.29. The molecule has 17 heavy (non-hydrogen) atoms. The molecule has 0 aromatic rings. The van der Waals surface area contributed by atoms with Gasteiger partial charge in [0.2, 0.25) is 5.91 Å². The van der Waals surface area contributed by atoms with Crippen LogP contribution in [-0.4, -0.2) is 29.4 Å². The number of amides is 1. The highest BCUT2D eigenvalue weighted by atomic mass is 16.2. The number of hydrogen-bond acceptors (Lipinski definition) is 2. The van der Waals surface area contributed by atoms with Crippen molar-refractivity contribution >= 4 is 5.91 Å². The van der Waals surface area contributed by atoms with Crippen LogP contribution in [0.3, 0.4) is 0 Å². The Labute approximate surface area is 105 Å². The summed E-state index contributed by atoms with van der Waals surface area (Å²) in [5.74, 6) is 0.996. The van der Waals surface area contributed by atoms with E-state index >= 15 is 0 Å². The van der Waals surface area contributed by atoms with Gasteiger partial charge in [-0.3, -0.25) is 4.79 Å². The van der Waals surface area contributed by atoms with Crippen LogP contribution in [0.5, 0.6) is 0 Å². The van der Waals surface area contributed by atoms with Gasteiger partial charge in [0.15, 0.2) is 0 Å². The Bertz CT molecular complexity index is 259. The molecule has 2 aliphatic rings. The first kappa shape index (κ1) is 12.9. The zero-order chi connectivity index (χ0) is 12.3. The molecule has 1 atom stereocenters. The van der Waals surface area contributed by atoms with Gasteiger partial charge in [0.1, 0.15) is 0 Å². The molecule has 1 aliphatic heterocycles. The van der Waals surface area contributed by atoms with Crippen molar-refractivity contribution in [2.45, 2.75) is 70.4 Å². The summed E-state index contributed by atoms with van der Waals surface area (Å²) in [4.78, 5) is 14.4. The SMILES string of the molecule is CCC1CCCN1C(=O)CC1CCC(N)CC1. The second-order valence-electron chi connectivity index (χ2n) is 5.78. The van der Waals surface area contributed by atoms with Crippen LogP contribution in [0.4, 0.5) is 0 Å². The maximum atomic E-state index is 12.3. The Morgan fingerprint density at radius 1 is 1.24 bits per heavy atom. The van der Waals surface area contributed by atoms with Crippen molar-refractivity contribution in [3.63, 3.8) is 0 Å². The van der Waals surface area contributed by atoms with Crippen LogP contribution in [-0.2, 0) is 4.79 Å². The van der Waals surface area contributed by atoms with Gasteiger partial charge in [-0.1, -0.05) is 6.92 Å². The third-order valence-corrected chi connectivity index (χ3v) is 4.52. The average molecular weight is 238 g/mol. The normalized spacial score (nSPS) is 34.0. The van der Waals surface area contributed by atoms with Gasteiger partial charge in [0.25, 0.3) is 0 Å². The number of carbonyl (C=O) groups is 1. The van der Waals surface area contributed by atoms with Crippen molar-refractivity contribution in [1.29, 1.82) is 0 Å².